The highest BCUT2D eigenvalue weighted by Gasteiger charge is 2.03. The van der Waals surface area contributed by atoms with Crippen LogP contribution in [0.2, 0.25) is 0 Å². The van der Waals surface area contributed by atoms with Crippen molar-refractivity contribution in [3.05, 3.63) is 24.3 Å². The lowest BCUT2D eigenvalue weighted by molar-refractivity contribution is 0.272. The van der Waals surface area contributed by atoms with Gasteiger partial charge in [0.25, 0.3) is 0 Å². The van der Waals surface area contributed by atoms with Crippen molar-refractivity contribution in [3.8, 4) is 5.75 Å². The van der Waals surface area contributed by atoms with Gasteiger partial charge in [-0.2, -0.15) is 11.8 Å². The zero-order valence-corrected chi connectivity index (χ0v) is 11.8. The largest absolute Gasteiger partial charge is 0.491 e. The molecule has 17 heavy (non-hydrogen) atoms. The third-order valence-corrected chi connectivity index (χ3v) is 3.00. The maximum absolute atomic E-state index is 5.79. The molecule has 0 aromatic heterocycles. The van der Waals surface area contributed by atoms with E-state index in [1.54, 1.807) is 0 Å². The molecule has 0 saturated carbocycles. The predicted molar refractivity (Wildman–Crippen MR) is 78.3 cm³/mol. The van der Waals surface area contributed by atoms with E-state index in [-0.39, 0.29) is 0 Å². The Kier molecular flexibility index (Phi) is 6.94. The fraction of sp³-hybridized carbons (Fsp3) is 0.571. The van der Waals surface area contributed by atoms with Gasteiger partial charge < -0.3 is 10.1 Å². The third-order valence-electron chi connectivity index (χ3n) is 2.30. The number of hydrogen-bond acceptors (Lipinski definition) is 3. The van der Waals surface area contributed by atoms with Gasteiger partial charge in [0.05, 0.1) is 12.3 Å². The lowest BCUT2D eigenvalue weighted by Gasteiger charge is -2.14. The summed E-state index contributed by atoms with van der Waals surface area (Å²) in [5.74, 6) is 2.71. The summed E-state index contributed by atoms with van der Waals surface area (Å²) in [4.78, 5) is 0. The molecule has 2 nitrogen and oxygen atoms in total. The second-order valence-corrected chi connectivity index (χ2v) is 5.46. The number of ether oxygens (including phenoxy) is 1. The summed E-state index contributed by atoms with van der Waals surface area (Å²) in [5.41, 5.74) is 1.11. The fourth-order valence-corrected chi connectivity index (χ4v) is 1.87. The van der Waals surface area contributed by atoms with E-state index in [1.807, 2.05) is 30.0 Å². The van der Waals surface area contributed by atoms with Gasteiger partial charge in [0.2, 0.25) is 0 Å². The van der Waals surface area contributed by atoms with Gasteiger partial charge in [-0.15, -0.1) is 0 Å². The van der Waals surface area contributed by atoms with Crippen molar-refractivity contribution in [2.45, 2.75) is 20.3 Å². The molecule has 1 aromatic rings. The Hall–Kier alpha value is -0.830. The van der Waals surface area contributed by atoms with Gasteiger partial charge >= 0.3 is 0 Å². The van der Waals surface area contributed by atoms with E-state index in [9.17, 15) is 0 Å². The number of hydrogen-bond donors (Lipinski definition) is 1. The molecule has 0 saturated heterocycles. The number of thioether (sulfide) groups is 1. The van der Waals surface area contributed by atoms with E-state index in [0.717, 1.165) is 24.6 Å². The first kappa shape index (κ1) is 14.2. The highest BCUT2D eigenvalue weighted by molar-refractivity contribution is 7.98. The van der Waals surface area contributed by atoms with Gasteiger partial charge in [0.15, 0.2) is 0 Å². The molecule has 1 rings (SSSR count). The SMILES string of the molecule is CSCCCNc1ccccc1OCC(C)C. The van der Waals surface area contributed by atoms with Crippen LogP contribution in [0.3, 0.4) is 0 Å². The van der Waals surface area contributed by atoms with Crippen molar-refractivity contribution >= 4 is 17.4 Å². The maximum atomic E-state index is 5.79. The zero-order chi connectivity index (χ0) is 12.5. The Morgan fingerprint density at radius 2 is 2.06 bits per heavy atom. The van der Waals surface area contributed by atoms with Crippen LogP contribution in [-0.4, -0.2) is 25.2 Å². The molecule has 0 unspecified atom stereocenters. The molecule has 0 bridgehead atoms. The molecule has 0 amide bonds. The Morgan fingerprint density at radius 3 is 2.76 bits per heavy atom. The van der Waals surface area contributed by atoms with Crippen molar-refractivity contribution in [2.75, 3.05) is 30.5 Å². The second kappa shape index (κ2) is 8.29. The van der Waals surface area contributed by atoms with Gasteiger partial charge in [0, 0.05) is 6.54 Å². The smallest absolute Gasteiger partial charge is 0.142 e. The Morgan fingerprint density at radius 1 is 1.29 bits per heavy atom. The van der Waals surface area contributed by atoms with Crippen LogP contribution in [0.5, 0.6) is 5.75 Å². The molecule has 0 aliphatic carbocycles. The minimum absolute atomic E-state index is 0.555. The summed E-state index contributed by atoms with van der Waals surface area (Å²) in [6.45, 7) is 6.09. The predicted octanol–water partition coefficient (Wildman–Crippen LogP) is 3.89. The minimum Gasteiger partial charge on any atom is -0.491 e. The topological polar surface area (TPSA) is 21.3 Å². The van der Waals surface area contributed by atoms with Crippen LogP contribution in [0.25, 0.3) is 0 Å². The summed E-state index contributed by atoms with van der Waals surface area (Å²) in [7, 11) is 0. The van der Waals surface area contributed by atoms with Crippen molar-refractivity contribution in [3.63, 3.8) is 0 Å². The molecular weight excluding hydrogens is 230 g/mol. The average Bonchev–Trinajstić information content (AvgIpc) is 2.33. The quantitative estimate of drug-likeness (QED) is 0.710. The summed E-state index contributed by atoms with van der Waals surface area (Å²) < 4.78 is 5.79. The minimum atomic E-state index is 0.555. The molecular formula is C14H23NOS. The van der Waals surface area contributed by atoms with Crippen LogP contribution in [-0.2, 0) is 0 Å². The first-order chi connectivity index (χ1) is 8.24. The van der Waals surface area contributed by atoms with Crippen LogP contribution in [0.4, 0.5) is 5.69 Å². The molecule has 0 atom stereocenters. The number of rotatable bonds is 8. The standard InChI is InChI=1S/C14H23NOS/c1-12(2)11-16-14-8-5-4-7-13(14)15-9-6-10-17-3/h4-5,7-8,12,15H,6,9-11H2,1-3H3. The molecule has 1 aromatic carbocycles. The maximum Gasteiger partial charge on any atom is 0.142 e. The van der Waals surface area contributed by atoms with Crippen molar-refractivity contribution in [1.29, 1.82) is 0 Å². The van der Waals surface area contributed by atoms with Crippen molar-refractivity contribution in [1.82, 2.24) is 0 Å². The molecule has 96 valence electrons. The van der Waals surface area contributed by atoms with E-state index in [0.29, 0.717) is 5.92 Å². The second-order valence-electron chi connectivity index (χ2n) is 4.47. The first-order valence-corrected chi connectivity index (χ1v) is 7.58. The normalized spacial score (nSPS) is 10.6. The number of nitrogens with one attached hydrogen (secondary N) is 1. The van der Waals surface area contributed by atoms with E-state index >= 15 is 0 Å². The van der Waals surface area contributed by atoms with Crippen LogP contribution >= 0.6 is 11.8 Å². The Balaban J connectivity index is 2.46. The van der Waals surface area contributed by atoms with Crippen LogP contribution < -0.4 is 10.1 Å². The third kappa shape index (κ3) is 5.87. The Labute approximate surface area is 109 Å². The summed E-state index contributed by atoms with van der Waals surface area (Å²) in [6.07, 6.45) is 3.32. The molecule has 0 aliphatic rings. The van der Waals surface area contributed by atoms with Gasteiger partial charge in [-0.3, -0.25) is 0 Å². The van der Waals surface area contributed by atoms with Crippen LogP contribution in [0, 0.1) is 5.92 Å². The molecule has 1 N–H and O–H groups in total. The molecule has 0 spiro atoms. The first-order valence-electron chi connectivity index (χ1n) is 6.18. The van der Waals surface area contributed by atoms with E-state index < -0.39 is 0 Å². The number of anilines is 1. The lowest BCUT2D eigenvalue weighted by atomic mass is 10.2. The average molecular weight is 253 g/mol. The lowest BCUT2D eigenvalue weighted by Crippen LogP contribution is -2.08. The molecule has 0 fully saturated rings. The van der Waals surface area contributed by atoms with E-state index in [4.69, 9.17) is 4.74 Å². The van der Waals surface area contributed by atoms with Gasteiger partial charge in [-0.1, -0.05) is 26.0 Å². The monoisotopic (exact) mass is 253 g/mol. The van der Waals surface area contributed by atoms with Crippen molar-refractivity contribution in [2.24, 2.45) is 5.92 Å². The summed E-state index contributed by atoms with van der Waals surface area (Å²) in [5, 5.41) is 3.43. The van der Waals surface area contributed by atoms with Gasteiger partial charge in [0.1, 0.15) is 5.75 Å². The summed E-state index contributed by atoms with van der Waals surface area (Å²) in [6, 6.07) is 8.16. The van der Waals surface area contributed by atoms with Crippen LogP contribution in [0.1, 0.15) is 20.3 Å². The van der Waals surface area contributed by atoms with E-state index in [1.165, 1.54) is 12.2 Å². The number of benzene rings is 1. The molecule has 3 heteroatoms. The Bertz CT molecular complexity index is 315. The van der Waals surface area contributed by atoms with Gasteiger partial charge in [-0.25, -0.2) is 0 Å². The highest BCUT2D eigenvalue weighted by Crippen LogP contribution is 2.24. The van der Waals surface area contributed by atoms with Crippen LogP contribution in [0.15, 0.2) is 24.3 Å². The molecule has 0 radical (unpaired) electrons. The van der Waals surface area contributed by atoms with Gasteiger partial charge in [-0.05, 0) is 36.5 Å². The number of para-hydroxylation sites is 2. The zero-order valence-electron chi connectivity index (χ0n) is 11.0. The van der Waals surface area contributed by atoms with E-state index in [2.05, 4.69) is 31.5 Å². The fourth-order valence-electron chi connectivity index (χ4n) is 1.43. The van der Waals surface area contributed by atoms with Crippen molar-refractivity contribution < 1.29 is 4.74 Å². The highest BCUT2D eigenvalue weighted by atomic mass is 32.2. The molecule has 0 aliphatic heterocycles. The summed E-state index contributed by atoms with van der Waals surface area (Å²) >= 11 is 1.88. The molecule has 0 heterocycles.